The van der Waals surface area contributed by atoms with E-state index < -0.39 is 0 Å². The van der Waals surface area contributed by atoms with Gasteiger partial charge in [-0.2, -0.15) is 5.10 Å². The highest BCUT2D eigenvalue weighted by atomic mass is 35.5. The number of fused-ring (bicyclic) bond motifs is 1. The zero-order valence-electron chi connectivity index (χ0n) is 12.6. The number of thiophene rings is 1. The second kappa shape index (κ2) is 5.71. The molecule has 0 radical (unpaired) electrons. The number of carbonyl (C=O) groups is 1. The van der Waals surface area contributed by atoms with Gasteiger partial charge >= 0.3 is 0 Å². The molecule has 22 heavy (non-hydrogen) atoms. The van der Waals surface area contributed by atoms with Crippen LogP contribution in [0.1, 0.15) is 26.6 Å². The van der Waals surface area contributed by atoms with Crippen LogP contribution in [-0.4, -0.2) is 15.6 Å². The first kappa shape index (κ1) is 15.0. The molecular weight excluding hydrogens is 316 g/mol. The third-order valence-electron chi connectivity index (χ3n) is 3.70. The minimum atomic E-state index is -0.0448. The van der Waals surface area contributed by atoms with Gasteiger partial charge in [0.05, 0.1) is 16.3 Å². The molecule has 3 rings (SSSR count). The maximum Gasteiger partial charge on any atom is 0.189 e. The summed E-state index contributed by atoms with van der Waals surface area (Å²) in [7, 11) is 1.84. The second-order valence-corrected chi connectivity index (χ2v) is 6.61. The molecule has 0 spiro atoms. The molecule has 0 N–H and O–H groups in total. The predicted octanol–water partition coefficient (Wildman–Crippen LogP) is 4.80. The molecule has 3 nitrogen and oxygen atoms in total. The van der Waals surface area contributed by atoms with Crippen molar-refractivity contribution in [3.05, 3.63) is 57.2 Å². The van der Waals surface area contributed by atoms with Crippen LogP contribution in [0.5, 0.6) is 0 Å². The number of aryl methyl sites for hydroxylation is 2. The van der Waals surface area contributed by atoms with Crippen LogP contribution >= 0.6 is 22.9 Å². The molecule has 0 aliphatic rings. The fourth-order valence-electron chi connectivity index (χ4n) is 2.51. The van der Waals surface area contributed by atoms with Crippen LogP contribution in [0.25, 0.3) is 16.2 Å². The number of aromatic nitrogens is 2. The van der Waals surface area contributed by atoms with E-state index in [2.05, 4.69) is 5.10 Å². The van der Waals surface area contributed by atoms with Crippen molar-refractivity contribution in [2.45, 2.75) is 13.8 Å². The Bertz CT molecular complexity index is 905. The molecule has 0 fully saturated rings. The normalized spacial score (nSPS) is 11.6. The van der Waals surface area contributed by atoms with E-state index >= 15 is 0 Å². The number of ketones is 1. The van der Waals surface area contributed by atoms with Crippen LogP contribution in [0.15, 0.2) is 30.3 Å². The SMILES string of the molecule is Cc1nn(C)c(C)c1C(=O)/C=C/c1sc2ccccc2c1Cl. The lowest BCUT2D eigenvalue weighted by molar-refractivity contribution is 0.104. The van der Waals surface area contributed by atoms with E-state index in [0.717, 1.165) is 26.4 Å². The zero-order chi connectivity index (χ0) is 15.9. The van der Waals surface area contributed by atoms with Crippen LogP contribution in [0.4, 0.5) is 0 Å². The largest absolute Gasteiger partial charge is 0.289 e. The van der Waals surface area contributed by atoms with E-state index in [-0.39, 0.29) is 5.78 Å². The summed E-state index contributed by atoms with van der Waals surface area (Å²) in [6.07, 6.45) is 3.37. The van der Waals surface area contributed by atoms with Crippen LogP contribution in [0.2, 0.25) is 5.02 Å². The van der Waals surface area contributed by atoms with E-state index in [1.807, 2.05) is 45.2 Å². The first-order valence-electron chi connectivity index (χ1n) is 6.88. The van der Waals surface area contributed by atoms with Crippen molar-refractivity contribution in [1.82, 2.24) is 9.78 Å². The van der Waals surface area contributed by atoms with E-state index in [4.69, 9.17) is 11.6 Å². The van der Waals surface area contributed by atoms with Gasteiger partial charge in [-0.3, -0.25) is 9.48 Å². The molecule has 1 aromatic carbocycles. The summed E-state index contributed by atoms with van der Waals surface area (Å²) < 4.78 is 2.84. The average molecular weight is 331 g/mol. The van der Waals surface area contributed by atoms with Gasteiger partial charge in [-0.25, -0.2) is 0 Å². The van der Waals surface area contributed by atoms with Gasteiger partial charge in [0, 0.05) is 27.7 Å². The number of hydrogen-bond acceptors (Lipinski definition) is 3. The smallest absolute Gasteiger partial charge is 0.189 e. The van der Waals surface area contributed by atoms with Gasteiger partial charge in [0.15, 0.2) is 5.78 Å². The molecule has 5 heteroatoms. The van der Waals surface area contributed by atoms with Crippen molar-refractivity contribution in [3.8, 4) is 0 Å². The van der Waals surface area contributed by atoms with Gasteiger partial charge in [-0.15, -0.1) is 11.3 Å². The highest BCUT2D eigenvalue weighted by Crippen LogP contribution is 2.36. The van der Waals surface area contributed by atoms with Gasteiger partial charge in [0.1, 0.15) is 0 Å². The Morgan fingerprint density at radius 3 is 2.68 bits per heavy atom. The topological polar surface area (TPSA) is 34.9 Å². The fraction of sp³-hybridized carbons (Fsp3) is 0.176. The summed E-state index contributed by atoms with van der Waals surface area (Å²) in [4.78, 5) is 13.3. The number of allylic oxidation sites excluding steroid dienone is 1. The molecule has 0 atom stereocenters. The Kier molecular flexibility index (Phi) is 3.89. The fourth-order valence-corrected chi connectivity index (χ4v) is 3.90. The average Bonchev–Trinajstić information content (AvgIpc) is 2.94. The number of rotatable bonds is 3. The number of carbonyl (C=O) groups excluding carboxylic acids is 1. The van der Waals surface area contributed by atoms with Crippen molar-refractivity contribution in [2.75, 3.05) is 0 Å². The third kappa shape index (κ3) is 2.49. The second-order valence-electron chi connectivity index (χ2n) is 5.14. The van der Waals surface area contributed by atoms with Crippen LogP contribution in [-0.2, 0) is 7.05 Å². The molecule has 0 aliphatic heterocycles. The van der Waals surface area contributed by atoms with Crippen LogP contribution in [0.3, 0.4) is 0 Å². The molecule has 0 saturated carbocycles. The van der Waals surface area contributed by atoms with Gasteiger partial charge in [-0.05, 0) is 32.1 Å². The molecule has 112 valence electrons. The van der Waals surface area contributed by atoms with Crippen molar-refractivity contribution >= 4 is 44.9 Å². The molecule has 0 bridgehead atoms. The Balaban J connectivity index is 1.96. The van der Waals surface area contributed by atoms with Crippen LogP contribution < -0.4 is 0 Å². The van der Waals surface area contributed by atoms with Crippen molar-refractivity contribution < 1.29 is 4.79 Å². The monoisotopic (exact) mass is 330 g/mol. The molecule has 0 amide bonds. The molecule has 2 heterocycles. The number of hydrogen-bond donors (Lipinski definition) is 0. The zero-order valence-corrected chi connectivity index (χ0v) is 14.1. The lowest BCUT2D eigenvalue weighted by Gasteiger charge is -1.96. The lowest BCUT2D eigenvalue weighted by atomic mass is 10.1. The van der Waals surface area contributed by atoms with E-state index in [0.29, 0.717) is 10.6 Å². The molecule has 0 aliphatic carbocycles. The van der Waals surface area contributed by atoms with Crippen molar-refractivity contribution in [3.63, 3.8) is 0 Å². The first-order chi connectivity index (χ1) is 10.5. The summed E-state index contributed by atoms with van der Waals surface area (Å²) in [6, 6.07) is 7.96. The first-order valence-corrected chi connectivity index (χ1v) is 8.08. The van der Waals surface area contributed by atoms with E-state index in [1.54, 1.807) is 28.2 Å². The van der Waals surface area contributed by atoms with Crippen molar-refractivity contribution in [1.29, 1.82) is 0 Å². The third-order valence-corrected chi connectivity index (χ3v) is 5.36. The van der Waals surface area contributed by atoms with Crippen molar-refractivity contribution in [2.24, 2.45) is 7.05 Å². The van der Waals surface area contributed by atoms with E-state index in [1.165, 1.54) is 0 Å². The molecule has 2 aromatic heterocycles. The Morgan fingerprint density at radius 2 is 2.05 bits per heavy atom. The standard InChI is InChI=1S/C17H15ClN2OS/c1-10-16(11(2)20(3)19-10)13(21)8-9-15-17(18)12-6-4-5-7-14(12)22-15/h4-9H,1-3H3/b9-8+. The summed E-state index contributed by atoms with van der Waals surface area (Å²) in [5, 5.41) is 6.00. The number of benzene rings is 1. The number of halogens is 1. The number of nitrogens with zero attached hydrogens (tertiary/aromatic N) is 2. The summed E-state index contributed by atoms with van der Waals surface area (Å²) >= 11 is 7.97. The van der Waals surface area contributed by atoms with Gasteiger partial charge < -0.3 is 0 Å². The lowest BCUT2D eigenvalue weighted by Crippen LogP contribution is -1.99. The van der Waals surface area contributed by atoms with Gasteiger partial charge in [0.25, 0.3) is 0 Å². The maximum atomic E-state index is 12.4. The maximum absolute atomic E-state index is 12.4. The molecule has 0 unspecified atom stereocenters. The Morgan fingerprint density at radius 1 is 1.32 bits per heavy atom. The Labute approximate surface area is 137 Å². The summed E-state index contributed by atoms with van der Waals surface area (Å²) in [5.41, 5.74) is 2.28. The minimum Gasteiger partial charge on any atom is -0.289 e. The minimum absolute atomic E-state index is 0.0448. The quantitative estimate of drug-likeness (QED) is 0.510. The van der Waals surface area contributed by atoms with Gasteiger partial charge in [0.2, 0.25) is 0 Å². The molecule has 0 saturated heterocycles. The highest BCUT2D eigenvalue weighted by Gasteiger charge is 2.15. The summed E-state index contributed by atoms with van der Waals surface area (Å²) in [6.45, 7) is 3.74. The molecular formula is C17H15ClN2OS. The molecule has 3 aromatic rings. The summed E-state index contributed by atoms with van der Waals surface area (Å²) in [5.74, 6) is -0.0448. The highest BCUT2D eigenvalue weighted by molar-refractivity contribution is 7.20. The van der Waals surface area contributed by atoms with Crippen LogP contribution in [0, 0.1) is 13.8 Å². The predicted molar refractivity (Wildman–Crippen MR) is 92.9 cm³/mol. The van der Waals surface area contributed by atoms with E-state index in [9.17, 15) is 4.79 Å². The van der Waals surface area contributed by atoms with Gasteiger partial charge in [-0.1, -0.05) is 29.8 Å². The Hall–Kier alpha value is -1.91.